The molecule has 0 atom stereocenters. The molecule has 0 saturated carbocycles. The third-order valence-corrected chi connectivity index (χ3v) is 3.40. The van der Waals surface area contributed by atoms with Crippen molar-refractivity contribution >= 4 is 17.7 Å². The molecule has 2 aromatic carbocycles. The Morgan fingerprint density at radius 2 is 1.88 bits per heavy atom. The second-order valence-corrected chi connectivity index (χ2v) is 5.27. The summed E-state index contributed by atoms with van der Waals surface area (Å²) in [7, 11) is 0. The minimum Gasteiger partial charge on any atom is -0.423 e. The van der Waals surface area contributed by atoms with Crippen LogP contribution in [0.1, 0.15) is 11.1 Å². The first kappa shape index (κ1) is 17.4. The van der Waals surface area contributed by atoms with Crippen LogP contribution >= 0.6 is 0 Å². The predicted molar refractivity (Wildman–Crippen MR) is 88.8 cm³/mol. The van der Waals surface area contributed by atoms with Crippen LogP contribution < -0.4 is 5.32 Å². The molecule has 5 nitrogen and oxygen atoms in total. The zero-order valence-electron chi connectivity index (χ0n) is 13.2. The summed E-state index contributed by atoms with van der Waals surface area (Å²) in [6.45, 7) is 0. The molecule has 26 heavy (non-hydrogen) atoms. The number of benzene rings is 2. The molecule has 8 heteroatoms. The van der Waals surface area contributed by atoms with E-state index in [1.54, 1.807) is 24.3 Å². The third kappa shape index (κ3) is 4.35. The number of anilines is 1. The first-order chi connectivity index (χ1) is 12.4. The van der Waals surface area contributed by atoms with Crippen molar-refractivity contribution in [3.63, 3.8) is 0 Å². The molecule has 1 heterocycles. The van der Waals surface area contributed by atoms with Gasteiger partial charge in [-0.15, -0.1) is 10.2 Å². The van der Waals surface area contributed by atoms with E-state index >= 15 is 0 Å². The summed E-state index contributed by atoms with van der Waals surface area (Å²) in [5, 5.41) is 10.0. The maximum Gasteiger partial charge on any atom is 0.416 e. The smallest absolute Gasteiger partial charge is 0.416 e. The van der Waals surface area contributed by atoms with Crippen molar-refractivity contribution in [2.45, 2.75) is 6.18 Å². The van der Waals surface area contributed by atoms with Crippen LogP contribution in [-0.4, -0.2) is 16.1 Å². The van der Waals surface area contributed by atoms with Gasteiger partial charge >= 0.3 is 6.18 Å². The van der Waals surface area contributed by atoms with Crippen LogP contribution in [-0.2, 0) is 11.0 Å². The van der Waals surface area contributed by atoms with Crippen molar-refractivity contribution in [3.8, 4) is 11.5 Å². The number of nitrogens with one attached hydrogen (secondary N) is 1. The number of hydrogen-bond donors (Lipinski definition) is 1. The van der Waals surface area contributed by atoms with E-state index in [0.717, 1.165) is 12.1 Å². The Labute approximate surface area is 146 Å². The Morgan fingerprint density at radius 3 is 2.54 bits per heavy atom. The average Bonchev–Trinajstić information content (AvgIpc) is 3.14. The monoisotopic (exact) mass is 359 g/mol. The maximum atomic E-state index is 12.5. The normalized spacial score (nSPS) is 11.7. The van der Waals surface area contributed by atoms with Crippen LogP contribution in [0.25, 0.3) is 17.5 Å². The number of amides is 1. The molecule has 3 aromatic rings. The van der Waals surface area contributed by atoms with Crippen LogP contribution in [0.3, 0.4) is 0 Å². The van der Waals surface area contributed by atoms with E-state index in [1.807, 2.05) is 0 Å². The SMILES string of the molecule is O=C(C=Cc1ccc(C(F)(F)F)cc1)Nc1cccc(-c2nnco2)c1. The lowest BCUT2D eigenvalue weighted by atomic mass is 10.1. The zero-order valence-corrected chi connectivity index (χ0v) is 13.2. The first-order valence-electron chi connectivity index (χ1n) is 7.45. The second-order valence-electron chi connectivity index (χ2n) is 5.27. The standard InChI is InChI=1S/C18H12F3N3O2/c19-18(20,21)14-7-4-12(5-8-14)6-9-16(25)23-15-3-1-2-13(10-15)17-24-22-11-26-17/h1-11H,(H,23,25). The van der Waals surface area contributed by atoms with Gasteiger partial charge in [0.1, 0.15) is 0 Å². The molecule has 3 rings (SSSR count). The van der Waals surface area contributed by atoms with Crippen LogP contribution in [0.15, 0.2) is 65.4 Å². The Bertz CT molecular complexity index is 918. The predicted octanol–water partition coefficient (Wildman–Crippen LogP) is 4.41. The van der Waals surface area contributed by atoms with E-state index in [1.165, 1.54) is 30.7 Å². The van der Waals surface area contributed by atoms with Crippen molar-refractivity contribution in [1.82, 2.24) is 10.2 Å². The molecule has 0 aliphatic carbocycles. The molecule has 1 N–H and O–H groups in total. The van der Waals surface area contributed by atoms with Crippen molar-refractivity contribution < 1.29 is 22.4 Å². The molecule has 0 saturated heterocycles. The molecular formula is C18H12F3N3O2. The summed E-state index contributed by atoms with van der Waals surface area (Å²) in [5.74, 6) is -0.103. The highest BCUT2D eigenvalue weighted by atomic mass is 19.4. The molecule has 0 aliphatic heterocycles. The van der Waals surface area contributed by atoms with Gasteiger partial charge in [0.15, 0.2) is 0 Å². The topological polar surface area (TPSA) is 68.0 Å². The van der Waals surface area contributed by atoms with E-state index in [0.29, 0.717) is 22.7 Å². The van der Waals surface area contributed by atoms with Gasteiger partial charge in [-0.2, -0.15) is 13.2 Å². The molecule has 1 amide bonds. The Hall–Kier alpha value is -3.42. The lowest BCUT2D eigenvalue weighted by Crippen LogP contribution is -2.07. The summed E-state index contributed by atoms with van der Waals surface area (Å²) in [4.78, 5) is 12.0. The fourth-order valence-electron chi connectivity index (χ4n) is 2.17. The summed E-state index contributed by atoms with van der Waals surface area (Å²) in [5.41, 5.74) is 0.902. The maximum absolute atomic E-state index is 12.5. The number of halogens is 3. The second kappa shape index (κ2) is 7.22. The summed E-state index contributed by atoms with van der Waals surface area (Å²) >= 11 is 0. The van der Waals surface area contributed by atoms with E-state index in [4.69, 9.17) is 4.42 Å². The number of alkyl halides is 3. The van der Waals surface area contributed by atoms with E-state index in [9.17, 15) is 18.0 Å². The van der Waals surface area contributed by atoms with E-state index in [2.05, 4.69) is 15.5 Å². The highest BCUT2D eigenvalue weighted by Crippen LogP contribution is 2.29. The Balaban J connectivity index is 1.65. The minimum atomic E-state index is -4.39. The van der Waals surface area contributed by atoms with Gasteiger partial charge in [-0.1, -0.05) is 18.2 Å². The van der Waals surface area contributed by atoms with Gasteiger partial charge in [-0.25, -0.2) is 0 Å². The molecule has 132 valence electrons. The van der Waals surface area contributed by atoms with Gasteiger partial charge in [-0.3, -0.25) is 4.79 Å². The number of nitrogens with zero attached hydrogens (tertiary/aromatic N) is 2. The van der Waals surface area contributed by atoms with Gasteiger partial charge in [-0.05, 0) is 42.0 Å². The summed E-state index contributed by atoms with van der Waals surface area (Å²) in [6.07, 6.45) is -0.518. The minimum absolute atomic E-state index is 0.321. The molecule has 0 unspecified atom stereocenters. The van der Waals surface area contributed by atoms with Gasteiger partial charge in [0.25, 0.3) is 0 Å². The van der Waals surface area contributed by atoms with Crippen molar-refractivity contribution in [1.29, 1.82) is 0 Å². The number of hydrogen-bond acceptors (Lipinski definition) is 4. The van der Waals surface area contributed by atoms with Gasteiger partial charge in [0, 0.05) is 17.3 Å². The lowest BCUT2D eigenvalue weighted by molar-refractivity contribution is -0.137. The van der Waals surface area contributed by atoms with Gasteiger partial charge in [0.2, 0.25) is 18.2 Å². The van der Waals surface area contributed by atoms with Crippen molar-refractivity contribution in [2.75, 3.05) is 5.32 Å². The highest BCUT2D eigenvalue weighted by Gasteiger charge is 2.29. The molecule has 1 aromatic heterocycles. The number of aromatic nitrogens is 2. The number of carbonyl (C=O) groups excluding carboxylic acids is 1. The fourth-order valence-corrected chi connectivity index (χ4v) is 2.17. The van der Waals surface area contributed by atoms with Gasteiger partial charge < -0.3 is 9.73 Å². The number of carbonyl (C=O) groups is 1. The van der Waals surface area contributed by atoms with Crippen molar-refractivity contribution in [2.24, 2.45) is 0 Å². The molecule has 0 fully saturated rings. The van der Waals surface area contributed by atoms with E-state index < -0.39 is 17.6 Å². The average molecular weight is 359 g/mol. The van der Waals surface area contributed by atoms with Crippen LogP contribution in [0.4, 0.5) is 18.9 Å². The fraction of sp³-hybridized carbons (Fsp3) is 0.0556. The Morgan fingerprint density at radius 1 is 1.12 bits per heavy atom. The zero-order chi connectivity index (χ0) is 18.6. The lowest BCUT2D eigenvalue weighted by Gasteiger charge is -2.06. The molecule has 0 radical (unpaired) electrons. The first-order valence-corrected chi connectivity index (χ1v) is 7.45. The van der Waals surface area contributed by atoms with Crippen molar-refractivity contribution in [3.05, 3.63) is 72.1 Å². The largest absolute Gasteiger partial charge is 0.423 e. The van der Waals surface area contributed by atoms with Gasteiger partial charge in [0.05, 0.1) is 5.56 Å². The number of rotatable bonds is 4. The highest BCUT2D eigenvalue weighted by molar-refractivity contribution is 6.02. The quantitative estimate of drug-likeness (QED) is 0.701. The molecular weight excluding hydrogens is 347 g/mol. The molecule has 0 bridgehead atoms. The molecule has 0 aliphatic rings. The van der Waals surface area contributed by atoms with Crippen LogP contribution in [0, 0.1) is 0 Å². The summed E-state index contributed by atoms with van der Waals surface area (Å²) < 4.78 is 42.6. The molecule has 0 spiro atoms. The van der Waals surface area contributed by atoms with Crippen LogP contribution in [0.5, 0.6) is 0 Å². The van der Waals surface area contributed by atoms with Crippen LogP contribution in [0.2, 0.25) is 0 Å². The third-order valence-electron chi connectivity index (χ3n) is 3.40. The Kier molecular flexibility index (Phi) is 4.83. The van der Waals surface area contributed by atoms with E-state index in [-0.39, 0.29) is 0 Å². The summed E-state index contributed by atoms with van der Waals surface area (Å²) in [6, 6.07) is 11.3.